The van der Waals surface area contributed by atoms with Crippen molar-refractivity contribution in [3.63, 3.8) is 0 Å². The fourth-order valence-corrected chi connectivity index (χ4v) is 5.34. The maximum atomic E-state index is 13.6. The van der Waals surface area contributed by atoms with Crippen LogP contribution in [0.4, 0.5) is 0 Å². The summed E-state index contributed by atoms with van der Waals surface area (Å²) in [6, 6.07) is 6.18. The van der Waals surface area contributed by atoms with Crippen molar-refractivity contribution in [3.05, 3.63) is 29.8 Å². The Morgan fingerprint density at radius 2 is 1.68 bits per heavy atom. The van der Waals surface area contributed by atoms with E-state index in [4.69, 9.17) is 4.84 Å². The maximum absolute atomic E-state index is 13.6. The minimum atomic E-state index is -0.760. The zero-order valence-electron chi connectivity index (χ0n) is 24.5. The van der Waals surface area contributed by atoms with Crippen LogP contribution in [0, 0.1) is 17.3 Å². The number of nitrogens with zero attached hydrogens (tertiary/aromatic N) is 4. The van der Waals surface area contributed by atoms with E-state index in [1.54, 1.807) is 48.3 Å². The molecule has 2 fully saturated rings. The average Bonchev–Trinajstić information content (AvgIpc) is 3.43. The summed E-state index contributed by atoms with van der Waals surface area (Å²) in [4.78, 5) is 59.4. The van der Waals surface area contributed by atoms with Crippen LogP contribution >= 0.6 is 0 Å². The number of amides is 4. The number of carbonyl (C=O) groups is 4. The van der Waals surface area contributed by atoms with Crippen LogP contribution in [0.5, 0.6) is 5.75 Å². The Balaban J connectivity index is 1.59. The second-order valence-corrected chi connectivity index (χ2v) is 12.2. The Labute approximate surface area is 237 Å². The molecule has 2 aliphatic rings. The molecule has 0 aromatic heterocycles. The zero-order chi connectivity index (χ0) is 29.4. The van der Waals surface area contributed by atoms with Crippen LogP contribution < -0.4 is 10.2 Å². The molecule has 0 bridgehead atoms. The van der Waals surface area contributed by atoms with Crippen molar-refractivity contribution in [2.45, 2.75) is 58.9 Å². The minimum Gasteiger partial charge on any atom is -0.406 e. The van der Waals surface area contributed by atoms with Crippen LogP contribution in [-0.4, -0.2) is 102 Å². The molecule has 222 valence electrons. The van der Waals surface area contributed by atoms with Crippen molar-refractivity contribution in [2.24, 2.45) is 17.3 Å². The first-order chi connectivity index (χ1) is 18.9. The summed E-state index contributed by atoms with van der Waals surface area (Å²) in [7, 11) is 3.41. The summed E-state index contributed by atoms with van der Waals surface area (Å²) >= 11 is 0. The quantitative estimate of drug-likeness (QED) is 0.243. The lowest BCUT2D eigenvalue weighted by Crippen LogP contribution is -2.59. The summed E-state index contributed by atoms with van der Waals surface area (Å²) in [5, 5.41) is 15.1. The van der Waals surface area contributed by atoms with Gasteiger partial charge in [0.2, 0.25) is 18.2 Å². The lowest BCUT2D eigenvalue weighted by Gasteiger charge is -2.39. The van der Waals surface area contributed by atoms with Gasteiger partial charge >= 0.3 is 0 Å². The van der Waals surface area contributed by atoms with E-state index in [-0.39, 0.29) is 24.3 Å². The van der Waals surface area contributed by atoms with Gasteiger partial charge in [0, 0.05) is 32.7 Å². The van der Waals surface area contributed by atoms with Crippen LogP contribution in [0.2, 0.25) is 0 Å². The molecule has 1 aromatic rings. The Morgan fingerprint density at radius 3 is 2.20 bits per heavy atom. The predicted molar refractivity (Wildman–Crippen MR) is 149 cm³/mol. The van der Waals surface area contributed by atoms with Gasteiger partial charge in [-0.2, -0.15) is 0 Å². The fraction of sp³-hybridized carbons (Fsp3) is 0.655. The van der Waals surface area contributed by atoms with Gasteiger partial charge in [0.25, 0.3) is 5.91 Å². The highest BCUT2D eigenvalue weighted by Crippen LogP contribution is 2.31. The van der Waals surface area contributed by atoms with Crippen molar-refractivity contribution in [2.75, 3.05) is 46.8 Å². The SMILES string of the molecule is CN(C)C(=O)c1ccc(ON2CCN(C(=O)C(NC(=O)[C@H](CC3CCCC3)CN(O)C=O)C(C)(C)C)CC2)cc1. The van der Waals surface area contributed by atoms with Crippen LogP contribution in [0.15, 0.2) is 24.3 Å². The molecule has 1 unspecified atom stereocenters. The van der Waals surface area contributed by atoms with E-state index >= 15 is 0 Å². The van der Waals surface area contributed by atoms with Crippen molar-refractivity contribution in [1.29, 1.82) is 0 Å². The van der Waals surface area contributed by atoms with Gasteiger partial charge in [-0.15, -0.1) is 5.06 Å². The number of hydrogen-bond acceptors (Lipinski definition) is 7. The maximum Gasteiger partial charge on any atom is 0.253 e. The van der Waals surface area contributed by atoms with Crippen LogP contribution in [-0.2, 0) is 14.4 Å². The van der Waals surface area contributed by atoms with Crippen molar-refractivity contribution >= 4 is 24.1 Å². The third kappa shape index (κ3) is 8.66. The summed E-state index contributed by atoms with van der Waals surface area (Å²) in [6.45, 7) is 7.47. The number of benzene rings is 1. The van der Waals surface area contributed by atoms with E-state index in [0.29, 0.717) is 61.3 Å². The van der Waals surface area contributed by atoms with Gasteiger partial charge in [-0.25, -0.2) is 5.06 Å². The van der Waals surface area contributed by atoms with Gasteiger partial charge in [-0.05, 0) is 42.0 Å². The van der Waals surface area contributed by atoms with E-state index in [1.165, 1.54) is 4.90 Å². The van der Waals surface area contributed by atoms with Crippen molar-refractivity contribution < 1.29 is 29.2 Å². The second kappa shape index (κ2) is 13.9. The summed E-state index contributed by atoms with van der Waals surface area (Å²) in [5.74, 6) is -0.182. The van der Waals surface area contributed by atoms with Crippen molar-refractivity contribution in [3.8, 4) is 5.75 Å². The number of piperazine rings is 1. The molecular weight excluding hydrogens is 514 g/mol. The minimum absolute atomic E-state index is 0.0820. The predicted octanol–water partition coefficient (Wildman–Crippen LogP) is 2.40. The largest absolute Gasteiger partial charge is 0.406 e. The highest BCUT2D eigenvalue weighted by Gasteiger charge is 2.39. The van der Waals surface area contributed by atoms with Gasteiger partial charge in [0.1, 0.15) is 11.8 Å². The molecule has 40 heavy (non-hydrogen) atoms. The first-order valence-electron chi connectivity index (χ1n) is 14.1. The van der Waals surface area contributed by atoms with Gasteiger partial charge in [0.15, 0.2) is 0 Å². The monoisotopic (exact) mass is 559 g/mol. The van der Waals surface area contributed by atoms with Crippen LogP contribution in [0.3, 0.4) is 0 Å². The molecule has 1 heterocycles. The van der Waals surface area contributed by atoms with Crippen molar-refractivity contribution in [1.82, 2.24) is 25.2 Å². The first kappa shape index (κ1) is 31.3. The molecule has 1 aliphatic carbocycles. The normalized spacial score (nSPS) is 18.1. The van der Waals surface area contributed by atoms with Gasteiger partial charge in [0.05, 0.1) is 25.6 Å². The third-order valence-electron chi connectivity index (χ3n) is 7.68. The number of hydrogen-bond donors (Lipinski definition) is 2. The van der Waals surface area contributed by atoms with E-state index < -0.39 is 17.4 Å². The topological polar surface area (TPSA) is 123 Å². The Kier molecular flexibility index (Phi) is 10.9. The Hall–Kier alpha value is -3.18. The highest BCUT2D eigenvalue weighted by atomic mass is 16.7. The standard InChI is InChI=1S/C29H45N5O6/c1-29(2,3)25(30-26(36)23(19-33(39)20-35)18-21-8-6-7-9-21)28(38)32-14-16-34(17-15-32)40-24-12-10-22(11-13-24)27(37)31(4)5/h10-13,20-21,23,25,39H,6-9,14-19H2,1-5H3,(H,30,36)/t23-,25?/m1/s1. The number of hydroxylamine groups is 4. The van der Waals surface area contributed by atoms with E-state index in [1.807, 2.05) is 20.8 Å². The molecule has 4 amide bonds. The molecular formula is C29H45N5O6. The molecule has 11 heteroatoms. The molecule has 11 nitrogen and oxygen atoms in total. The highest BCUT2D eigenvalue weighted by molar-refractivity contribution is 5.94. The molecule has 1 aromatic carbocycles. The number of carbonyl (C=O) groups excluding carboxylic acids is 4. The second-order valence-electron chi connectivity index (χ2n) is 12.2. The molecule has 2 atom stereocenters. The lowest BCUT2D eigenvalue weighted by atomic mass is 9.84. The summed E-state index contributed by atoms with van der Waals surface area (Å²) in [6.07, 6.45) is 5.18. The first-order valence-corrected chi connectivity index (χ1v) is 14.1. The smallest absolute Gasteiger partial charge is 0.253 e. The molecule has 3 rings (SSSR count). The Morgan fingerprint density at radius 1 is 1.07 bits per heavy atom. The molecule has 0 radical (unpaired) electrons. The average molecular weight is 560 g/mol. The molecule has 1 saturated heterocycles. The fourth-order valence-electron chi connectivity index (χ4n) is 5.34. The number of nitrogens with one attached hydrogen (secondary N) is 1. The van der Waals surface area contributed by atoms with E-state index in [2.05, 4.69) is 5.32 Å². The van der Waals surface area contributed by atoms with Gasteiger partial charge in [-0.1, -0.05) is 46.5 Å². The van der Waals surface area contributed by atoms with E-state index in [9.17, 15) is 24.4 Å². The lowest BCUT2D eigenvalue weighted by molar-refractivity contribution is -0.156. The molecule has 1 aliphatic heterocycles. The van der Waals surface area contributed by atoms with Crippen LogP contribution in [0.1, 0.15) is 63.2 Å². The summed E-state index contributed by atoms with van der Waals surface area (Å²) in [5.41, 5.74) is 0.0273. The Bertz CT molecular complexity index is 1010. The summed E-state index contributed by atoms with van der Waals surface area (Å²) < 4.78 is 0. The third-order valence-corrected chi connectivity index (χ3v) is 7.68. The van der Waals surface area contributed by atoms with Crippen LogP contribution in [0.25, 0.3) is 0 Å². The zero-order valence-corrected chi connectivity index (χ0v) is 24.5. The van der Waals surface area contributed by atoms with Gasteiger partial charge < -0.3 is 20.0 Å². The molecule has 2 N–H and O–H groups in total. The van der Waals surface area contributed by atoms with Gasteiger partial charge in [-0.3, -0.25) is 24.4 Å². The number of rotatable bonds is 11. The molecule has 1 saturated carbocycles. The van der Waals surface area contributed by atoms with E-state index in [0.717, 1.165) is 25.7 Å². The molecule has 0 spiro atoms.